The minimum absolute atomic E-state index is 0. The lowest BCUT2D eigenvalue weighted by atomic mass is 10.0. The monoisotopic (exact) mass is 1110 g/mol. The molecule has 9 rings (SSSR count). The zero-order valence-electron chi connectivity index (χ0n) is 38.6. The zero-order chi connectivity index (χ0) is 48.7. The molecule has 2 aliphatic heterocycles. The van der Waals surface area contributed by atoms with E-state index in [0.717, 1.165) is 36.8 Å². The number of alkyl halides is 1. The van der Waals surface area contributed by atoms with Gasteiger partial charge in [0.25, 0.3) is 0 Å². The normalized spacial score (nSPS) is 16.9. The number of rotatable bonds is 12. The molecule has 6 heterocycles. The summed E-state index contributed by atoms with van der Waals surface area (Å²) in [5, 5.41) is 28.5. The molecule has 7 aromatic rings. The number of aromatic amines is 1. The molecule has 3 aromatic carbocycles. The van der Waals surface area contributed by atoms with Crippen LogP contribution in [0.5, 0.6) is 0 Å². The van der Waals surface area contributed by atoms with Crippen LogP contribution >= 0.6 is 27.5 Å². The number of carbonyl (C=O) groups excluding carboxylic acids is 3. The van der Waals surface area contributed by atoms with E-state index in [1.54, 1.807) is 34.9 Å². The average Bonchev–Trinajstić information content (AvgIpc) is 4.22. The highest BCUT2D eigenvalue weighted by Crippen LogP contribution is 2.31. The number of aromatic nitrogens is 8. The van der Waals surface area contributed by atoms with Crippen molar-refractivity contribution in [2.45, 2.75) is 152 Å². The van der Waals surface area contributed by atoms with Gasteiger partial charge in [0.1, 0.15) is 6.10 Å². The largest absolute Gasteiger partial charge is 0.387 e. The first kappa shape index (κ1) is 70.2. The Balaban J connectivity index is 0. The highest BCUT2D eigenvalue weighted by Gasteiger charge is 2.28. The van der Waals surface area contributed by atoms with E-state index in [4.69, 9.17) is 26.8 Å². The van der Waals surface area contributed by atoms with Gasteiger partial charge < -0.3 is 20.3 Å². The third-order valence-electron chi connectivity index (χ3n) is 10.8. The van der Waals surface area contributed by atoms with Gasteiger partial charge >= 0.3 is 0 Å². The number of nitrogens with one attached hydrogen (secondary N) is 1. The van der Waals surface area contributed by atoms with E-state index in [2.05, 4.69) is 60.5 Å². The first-order valence-corrected chi connectivity index (χ1v) is 23.9. The van der Waals surface area contributed by atoms with Gasteiger partial charge in [-0.15, -0.1) is 0 Å². The molecular formula is C57H85BrClN9O6. The number of ether oxygens (including phenoxy) is 2. The maximum absolute atomic E-state index is 11.5. The van der Waals surface area contributed by atoms with Crippen LogP contribution in [0.25, 0.3) is 0 Å². The Morgan fingerprint density at radius 3 is 1.68 bits per heavy atom. The van der Waals surface area contributed by atoms with Gasteiger partial charge in [0.15, 0.2) is 12.1 Å². The molecule has 2 saturated heterocycles. The number of Topliss-reactive ketones (excluding diaryl/α,β-unsaturated/α-hetero) is 1. The van der Waals surface area contributed by atoms with Gasteiger partial charge in [-0.25, -0.2) is 0 Å². The Bertz CT molecular complexity index is 2500. The van der Waals surface area contributed by atoms with Crippen molar-refractivity contribution in [3.05, 3.63) is 180 Å². The topological polar surface area (TPSA) is 198 Å². The van der Waals surface area contributed by atoms with Crippen molar-refractivity contribution in [3.63, 3.8) is 0 Å². The molecule has 17 heteroatoms. The number of ketones is 1. The van der Waals surface area contributed by atoms with Gasteiger partial charge in [-0.05, 0) is 74.7 Å². The van der Waals surface area contributed by atoms with Crippen LogP contribution in [0, 0.1) is 0 Å². The molecule has 0 bridgehead atoms. The van der Waals surface area contributed by atoms with Crippen LogP contribution < -0.4 is 5.73 Å². The number of nitrogens with two attached hydrogens (primary N) is 1. The highest BCUT2D eigenvalue weighted by molar-refractivity contribution is 9.10. The molecule has 2 aliphatic rings. The Kier molecular flexibility index (Phi) is 35.8. The van der Waals surface area contributed by atoms with Crippen molar-refractivity contribution in [3.8, 4) is 0 Å². The summed E-state index contributed by atoms with van der Waals surface area (Å²) in [5.41, 5.74) is 12.6. The van der Waals surface area contributed by atoms with Crippen molar-refractivity contribution in [2.75, 3.05) is 6.54 Å². The highest BCUT2D eigenvalue weighted by atomic mass is 79.9. The van der Waals surface area contributed by atoms with Gasteiger partial charge in [-0.2, -0.15) is 20.4 Å². The Labute approximate surface area is 455 Å². The smallest absolute Gasteiger partial charge is 0.235 e. The summed E-state index contributed by atoms with van der Waals surface area (Å²) in [6.45, 7) is 8.01. The zero-order valence-corrected chi connectivity index (χ0v) is 41.0. The Morgan fingerprint density at radius 2 is 1.23 bits per heavy atom. The number of aliphatic hydroxyl groups excluding tert-OH is 1. The molecule has 0 aliphatic carbocycles. The van der Waals surface area contributed by atoms with E-state index < -0.39 is 6.10 Å². The molecule has 4 aromatic heterocycles. The molecule has 0 radical (unpaired) electrons. The summed E-state index contributed by atoms with van der Waals surface area (Å²) in [4.78, 5) is 31.5. The predicted octanol–water partition coefficient (Wildman–Crippen LogP) is 12.8. The molecule has 6 unspecified atom stereocenters. The lowest BCUT2D eigenvalue weighted by Gasteiger charge is -2.26. The van der Waals surface area contributed by atoms with Crippen molar-refractivity contribution in [2.24, 2.45) is 5.73 Å². The van der Waals surface area contributed by atoms with Crippen molar-refractivity contribution in [1.29, 1.82) is 0 Å². The maximum atomic E-state index is 11.5. The number of aldehydes is 1. The minimum atomic E-state index is -0.621. The van der Waals surface area contributed by atoms with Crippen molar-refractivity contribution >= 4 is 44.8 Å². The first-order chi connectivity index (χ1) is 32.9. The fourth-order valence-corrected chi connectivity index (χ4v) is 7.05. The van der Waals surface area contributed by atoms with Crippen LogP contribution in [-0.4, -0.2) is 85.5 Å². The quantitative estimate of drug-likeness (QED) is 0.0598. The van der Waals surface area contributed by atoms with E-state index in [9.17, 15) is 19.5 Å². The molecule has 0 spiro atoms. The van der Waals surface area contributed by atoms with Crippen LogP contribution in [0.4, 0.5) is 0 Å². The van der Waals surface area contributed by atoms with E-state index in [-0.39, 0.29) is 85.3 Å². The maximum Gasteiger partial charge on any atom is 0.235 e. The van der Waals surface area contributed by atoms with E-state index >= 15 is 0 Å². The molecule has 0 amide bonds. The van der Waals surface area contributed by atoms with E-state index in [1.165, 1.54) is 35.1 Å². The van der Waals surface area contributed by atoms with E-state index in [1.807, 2.05) is 121 Å². The fourth-order valence-electron chi connectivity index (χ4n) is 7.05. The summed E-state index contributed by atoms with van der Waals surface area (Å²) in [6.07, 6.45) is 19.9. The lowest BCUT2D eigenvalue weighted by Crippen LogP contribution is -2.28. The number of hydrogen-bond acceptors (Lipinski definition) is 11. The molecular weight excluding hydrogens is 1020 g/mol. The summed E-state index contributed by atoms with van der Waals surface area (Å²) < 4.78 is 17.0. The molecule has 408 valence electrons. The number of halogens is 2. The summed E-state index contributed by atoms with van der Waals surface area (Å²) in [7, 11) is 0. The molecule has 4 N–H and O–H groups in total. The number of aliphatic hydroxyl groups is 1. The van der Waals surface area contributed by atoms with Crippen LogP contribution in [0.3, 0.4) is 0 Å². The second-order valence-electron chi connectivity index (χ2n) is 16.3. The van der Waals surface area contributed by atoms with Gasteiger partial charge in [0, 0.05) is 54.4 Å². The van der Waals surface area contributed by atoms with Gasteiger partial charge in [0.05, 0.1) is 79.2 Å². The summed E-state index contributed by atoms with van der Waals surface area (Å²) in [6, 6.07) is 30.3. The Hall–Kier alpha value is -5.88. The second kappa shape index (κ2) is 37.8. The standard InChI is InChI=1S/C16H18N2O2.C12H15N3O.C11H10N2O.C9H14N2O.C3H4BrClO.6CH4/c1-12-15(19)7-8-16(20-12)14-9-17-18(11-14)10-13-5-3-2-4-6-13;13-6-12(16)11-7-14-15(9-11)8-10-4-2-1-3-5-10;14-9-11-6-12-13(8-11)7-10-4-2-1-3-5-10;1-7-3-2-4-9(12-7)8-5-10-11-6-8;1-2(4)3(5)6;;;;;;/h2-6,9,11-12,16H,7-8,10H2,1H3;1-5,7,9,12,16H,6,8,13H2;1-6,8-9H,7H2;5-7,9H,2-4H2,1H3,(H,10,11);2H,1H3;6*1H4. The van der Waals surface area contributed by atoms with Gasteiger partial charge in [0.2, 0.25) is 5.24 Å². The lowest BCUT2D eigenvalue weighted by molar-refractivity contribution is -0.141. The van der Waals surface area contributed by atoms with Gasteiger partial charge in [-0.3, -0.25) is 33.5 Å². The molecule has 0 saturated carbocycles. The van der Waals surface area contributed by atoms with Crippen LogP contribution in [-0.2, 0) is 38.7 Å². The first-order valence-electron chi connectivity index (χ1n) is 22.6. The second-order valence-corrected chi connectivity index (χ2v) is 18.1. The minimum Gasteiger partial charge on any atom is -0.387 e. The fraction of sp³-hybridized carbons (Fsp3) is 0.421. The number of carbonyl (C=O) groups is 3. The number of hydrogen-bond donors (Lipinski definition) is 3. The SMILES string of the molecule is C.C.C.C.C.C.CC(Br)C(=O)Cl.CC1CCCC(c2cn[nH]c2)O1.CC1OC(c2cnn(Cc3ccccc3)c2)CCC1=O.NCC(O)c1cnn(Cc2ccccc2)c1.O=Cc1cnn(Cc2ccccc2)c1. The number of benzene rings is 3. The number of H-pyrrole nitrogens is 1. The molecule has 2 fully saturated rings. The third-order valence-corrected chi connectivity index (χ3v) is 11.8. The van der Waals surface area contributed by atoms with Crippen LogP contribution in [0.15, 0.2) is 141 Å². The van der Waals surface area contributed by atoms with Crippen LogP contribution in [0.1, 0.15) is 159 Å². The van der Waals surface area contributed by atoms with E-state index in [0.29, 0.717) is 31.2 Å². The number of nitrogens with zero attached hydrogens (tertiary/aromatic N) is 7. The predicted molar refractivity (Wildman–Crippen MR) is 306 cm³/mol. The summed E-state index contributed by atoms with van der Waals surface area (Å²) in [5.74, 6) is 0.193. The van der Waals surface area contributed by atoms with Crippen molar-refractivity contribution in [1.82, 2.24) is 39.5 Å². The molecule has 74 heavy (non-hydrogen) atoms. The van der Waals surface area contributed by atoms with Gasteiger partial charge in [-0.1, -0.05) is 151 Å². The molecule has 15 nitrogen and oxygen atoms in total. The third kappa shape index (κ3) is 24.4. The molecule has 6 atom stereocenters. The average molecular weight is 1110 g/mol. The summed E-state index contributed by atoms with van der Waals surface area (Å²) >= 11 is 7.88. The van der Waals surface area contributed by atoms with Crippen LogP contribution in [0.2, 0.25) is 0 Å². The Morgan fingerprint density at radius 1 is 0.743 bits per heavy atom. The van der Waals surface area contributed by atoms with Crippen molar-refractivity contribution < 1.29 is 29.0 Å².